The van der Waals surface area contributed by atoms with Crippen LogP contribution in [0.25, 0.3) is 0 Å². The van der Waals surface area contributed by atoms with E-state index >= 15 is 0 Å². The molecule has 0 bridgehead atoms. The highest BCUT2D eigenvalue weighted by molar-refractivity contribution is 6.81. The average Bonchev–Trinajstić information content (AvgIpc) is 2.12. The van der Waals surface area contributed by atoms with E-state index in [1.54, 1.807) is 0 Å². The average molecular weight is 198 g/mol. The van der Waals surface area contributed by atoms with Gasteiger partial charge in [0.15, 0.2) is 0 Å². The Bertz CT molecular complexity index is 254. The van der Waals surface area contributed by atoms with Crippen molar-refractivity contribution in [2.75, 3.05) is 6.61 Å². The Morgan fingerprint density at radius 1 is 1.54 bits per heavy atom. The molecule has 0 amide bonds. The first-order valence-electron chi connectivity index (χ1n) is 4.98. The van der Waals surface area contributed by atoms with Crippen molar-refractivity contribution in [3.63, 3.8) is 0 Å². The third kappa shape index (κ3) is 1.49. The van der Waals surface area contributed by atoms with Crippen LogP contribution in [-0.4, -0.2) is 31.5 Å². The zero-order chi connectivity index (χ0) is 9.69. The molecule has 2 atom stereocenters. The Morgan fingerprint density at radius 3 is 2.62 bits per heavy atom. The van der Waals surface area contributed by atoms with Crippen molar-refractivity contribution in [3.8, 4) is 0 Å². The summed E-state index contributed by atoms with van der Waals surface area (Å²) in [5.41, 5.74) is 2.88. The minimum atomic E-state index is -1.21. The van der Waals surface area contributed by atoms with Gasteiger partial charge >= 0.3 is 0 Å². The summed E-state index contributed by atoms with van der Waals surface area (Å²) in [4.78, 5) is 0. The summed E-state index contributed by atoms with van der Waals surface area (Å²) in [6.45, 7) is 7.52. The number of hydrogen-bond acceptors (Lipinski definition) is 2. The second kappa shape index (κ2) is 2.68. The largest absolute Gasteiger partial charge is 0.383 e. The molecule has 0 radical (unpaired) electrons. The summed E-state index contributed by atoms with van der Waals surface area (Å²) in [5.74, 6) is 0. The molecule has 0 spiro atoms. The predicted octanol–water partition coefficient (Wildman–Crippen LogP) is 1.71. The van der Waals surface area contributed by atoms with Crippen molar-refractivity contribution >= 4 is 8.07 Å². The molecule has 2 fully saturated rings. The Morgan fingerprint density at radius 2 is 2.23 bits per heavy atom. The van der Waals surface area contributed by atoms with Crippen molar-refractivity contribution < 1.29 is 9.84 Å². The van der Waals surface area contributed by atoms with Crippen LogP contribution >= 0.6 is 0 Å². The maximum Gasteiger partial charge on any atom is 0.114 e. The van der Waals surface area contributed by atoms with E-state index in [-0.39, 0.29) is 6.10 Å². The molecule has 0 unspecified atom stereocenters. The SMILES string of the molecule is C[Si](C)(C)/C=C1\CO[C@@H]2CC[C@]12O. The molecule has 0 aromatic carbocycles. The van der Waals surface area contributed by atoms with E-state index in [1.165, 1.54) is 0 Å². The third-order valence-electron chi connectivity index (χ3n) is 2.92. The van der Waals surface area contributed by atoms with Crippen molar-refractivity contribution in [1.82, 2.24) is 0 Å². The zero-order valence-electron chi connectivity index (χ0n) is 8.63. The van der Waals surface area contributed by atoms with Crippen molar-refractivity contribution in [1.29, 1.82) is 0 Å². The van der Waals surface area contributed by atoms with E-state index in [1.807, 2.05) is 0 Å². The van der Waals surface area contributed by atoms with Crippen molar-refractivity contribution in [2.24, 2.45) is 0 Å². The van der Waals surface area contributed by atoms with Crippen molar-refractivity contribution in [3.05, 3.63) is 11.3 Å². The molecule has 13 heavy (non-hydrogen) atoms. The normalized spacial score (nSPS) is 41.8. The molecule has 0 aromatic rings. The van der Waals surface area contributed by atoms with Gasteiger partial charge in [0.05, 0.1) is 20.8 Å². The smallest absolute Gasteiger partial charge is 0.114 e. The molecular formula is C10H18O2Si. The lowest BCUT2D eigenvalue weighted by molar-refractivity contribution is -0.0963. The highest BCUT2D eigenvalue weighted by Gasteiger charge is 2.53. The monoisotopic (exact) mass is 198 g/mol. The number of aliphatic hydroxyl groups is 1. The molecule has 1 saturated heterocycles. The summed E-state index contributed by atoms with van der Waals surface area (Å²) in [5, 5.41) is 10.2. The van der Waals surface area contributed by atoms with Gasteiger partial charge in [0.25, 0.3) is 0 Å². The van der Waals surface area contributed by atoms with Gasteiger partial charge in [0.2, 0.25) is 0 Å². The summed E-state index contributed by atoms with van der Waals surface area (Å²) in [7, 11) is -1.21. The van der Waals surface area contributed by atoms with E-state index in [0.717, 1.165) is 18.4 Å². The van der Waals surface area contributed by atoms with Gasteiger partial charge in [-0.1, -0.05) is 25.3 Å². The first-order chi connectivity index (χ1) is 5.92. The van der Waals surface area contributed by atoms with E-state index in [4.69, 9.17) is 4.74 Å². The van der Waals surface area contributed by atoms with Gasteiger partial charge in [-0.3, -0.25) is 0 Å². The summed E-state index contributed by atoms with van der Waals surface area (Å²) >= 11 is 0. The predicted molar refractivity (Wildman–Crippen MR) is 55.4 cm³/mol. The van der Waals surface area contributed by atoms with E-state index in [2.05, 4.69) is 25.3 Å². The summed E-state index contributed by atoms with van der Waals surface area (Å²) in [6.07, 6.45) is 2.03. The van der Waals surface area contributed by atoms with Crippen LogP contribution in [0, 0.1) is 0 Å². The number of fused-ring (bicyclic) bond motifs is 1. The van der Waals surface area contributed by atoms with Crippen molar-refractivity contribution in [2.45, 2.75) is 44.2 Å². The van der Waals surface area contributed by atoms with Crippen LogP contribution in [0.3, 0.4) is 0 Å². The Balaban J connectivity index is 2.22. The lowest BCUT2D eigenvalue weighted by atomic mass is 9.74. The molecule has 1 N–H and O–H groups in total. The fraction of sp³-hybridized carbons (Fsp3) is 0.800. The minimum Gasteiger partial charge on any atom is -0.383 e. The topological polar surface area (TPSA) is 29.5 Å². The van der Waals surface area contributed by atoms with Gasteiger partial charge in [0.1, 0.15) is 5.60 Å². The molecule has 3 heteroatoms. The Labute approximate surface area is 80.6 Å². The standard InChI is InChI=1S/C10H18O2Si/c1-13(2,3)7-8-6-12-9-4-5-10(8,9)11/h7,9,11H,4-6H2,1-3H3/b8-7+/t9-,10+/m1/s1. The molecule has 1 aliphatic carbocycles. The number of hydrogen-bond donors (Lipinski definition) is 1. The Kier molecular flexibility index (Phi) is 1.95. The van der Waals surface area contributed by atoms with Gasteiger partial charge in [-0.25, -0.2) is 0 Å². The molecule has 2 aliphatic rings. The highest BCUT2D eigenvalue weighted by atomic mass is 28.3. The lowest BCUT2D eigenvalue weighted by Crippen LogP contribution is -2.49. The van der Waals surface area contributed by atoms with E-state index in [9.17, 15) is 5.11 Å². The number of rotatable bonds is 1. The second-order valence-electron chi connectivity index (χ2n) is 5.30. The summed E-state index contributed by atoms with van der Waals surface area (Å²) in [6, 6.07) is 0. The lowest BCUT2D eigenvalue weighted by Gasteiger charge is -2.39. The minimum absolute atomic E-state index is 0.107. The quantitative estimate of drug-likeness (QED) is 0.650. The first-order valence-corrected chi connectivity index (χ1v) is 8.56. The number of ether oxygens (including phenoxy) is 1. The molecule has 1 heterocycles. The molecule has 74 valence electrons. The molecule has 2 rings (SSSR count). The van der Waals surface area contributed by atoms with Crippen LogP contribution in [0.15, 0.2) is 11.3 Å². The van der Waals surface area contributed by atoms with Gasteiger partial charge in [-0.05, 0) is 18.4 Å². The van der Waals surface area contributed by atoms with Gasteiger partial charge in [0, 0.05) is 0 Å². The summed E-state index contributed by atoms with van der Waals surface area (Å²) < 4.78 is 5.52. The van der Waals surface area contributed by atoms with Crippen LogP contribution in [0.2, 0.25) is 19.6 Å². The van der Waals surface area contributed by atoms with Gasteiger partial charge in [-0.2, -0.15) is 0 Å². The van der Waals surface area contributed by atoms with Gasteiger partial charge < -0.3 is 9.84 Å². The van der Waals surface area contributed by atoms with Gasteiger partial charge in [-0.15, -0.1) is 0 Å². The maximum absolute atomic E-state index is 10.2. The second-order valence-corrected chi connectivity index (χ2v) is 10.3. The first kappa shape index (κ1) is 9.43. The Hall–Kier alpha value is -0.123. The molecular weight excluding hydrogens is 180 g/mol. The van der Waals surface area contributed by atoms with E-state index in [0.29, 0.717) is 6.61 Å². The molecule has 1 saturated carbocycles. The van der Waals surface area contributed by atoms with Crippen LogP contribution in [0.5, 0.6) is 0 Å². The fourth-order valence-corrected chi connectivity index (χ4v) is 3.51. The fourth-order valence-electron chi connectivity index (χ4n) is 2.13. The highest BCUT2D eigenvalue weighted by Crippen LogP contribution is 2.46. The third-order valence-corrected chi connectivity index (χ3v) is 4.14. The van der Waals surface area contributed by atoms with Crippen LogP contribution < -0.4 is 0 Å². The molecule has 0 aromatic heterocycles. The van der Waals surface area contributed by atoms with Crippen LogP contribution in [0.1, 0.15) is 12.8 Å². The van der Waals surface area contributed by atoms with E-state index < -0.39 is 13.7 Å². The zero-order valence-corrected chi connectivity index (χ0v) is 9.63. The van der Waals surface area contributed by atoms with Crippen LogP contribution in [0.4, 0.5) is 0 Å². The maximum atomic E-state index is 10.2. The molecule has 1 aliphatic heterocycles. The van der Waals surface area contributed by atoms with Crippen LogP contribution in [-0.2, 0) is 4.74 Å². The molecule has 2 nitrogen and oxygen atoms in total.